The fraction of sp³-hybridized carbons (Fsp3) is 0.188. The molecule has 0 aliphatic carbocycles. The van der Waals surface area contributed by atoms with Crippen molar-refractivity contribution in [3.05, 3.63) is 53.6 Å². The smallest absolute Gasteiger partial charge is 0.250 e. The number of ether oxygens (including phenoxy) is 2. The Morgan fingerprint density at radius 1 is 1.19 bits per heavy atom. The third kappa shape index (κ3) is 3.45. The van der Waals surface area contributed by atoms with Gasteiger partial charge in [-0.3, -0.25) is 4.79 Å². The van der Waals surface area contributed by atoms with Crippen molar-refractivity contribution >= 4 is 11.6 Å². The number of anilines is 1. The monoisotopic (exact) mass is 286 g/mol. The first-order valence-corrected chi connectivity index (χ1v) is 6.52. The highest BCUT2D eigenvalue weighted by Crippen LogP contribution is 2.33. The molecule has 0 fully saturated rings. The van der Waals surface area contributed by atoms with Gasteiger partial charge in [-0.15, -0.1) is 0 Å². The number of carbonyl (C=O) groups excluding carboxylic acids is 1. The molecule has 0 heterocycles. The molecular formula is C16H18N2O3. The lowest BCUT2D eigenvalue weighted by Gasteiger charge is -2.15. The van der Waals surface area contributed by atoms with Crippen molar-refractivity contribution < 1.29 is 14.3 Å². The predicted molar refractivity (Wildman–Crippen MR) is 81.8 cm³/mol. The normalized spacial score (nSPS) is 10.0. The van der Waals surface area contributed by atoms with Crippen molar-refractivity contribution in [1.82, 2.24) is 0 Å². The van der Waals surface area contributed by atoms with Crippen molar-refractivity contribution in [1.29, 1.82) is 0 Å². The molecule has 0 radical (unpaired) electrons. The molecular weight excluding hydrogens is 268 g/mol. The first-order valence-electron chi connectivity index (χ1n) is 6.52. The highest BCUT2D eigenvalue weighted by Gasteiger charge is 2.14. The predicted octanol–water partition coefficient (Wildman–Crippen LogP) is 2.41. The SMILES string of the molecule is CNc1cc(OCc2ccccc2)c(OC)cc1C(N)=O. The van der Waals surface area contributed by atoms with E-state index in [1.54, 1.807) is 19.2 Å². The van der Waals surface area contributed by atoms with Crippen molar-refractivity contribution in [3.8, 4) is 11.5 Å². The number of carbonyl (C=O) groups is 1. The number of nitrogens with two attached hydrogens (primary N) is 1. The van der Waals surface area contributed by atoms with Gasteiger partial charge in [-0.2, -0.15) is 0 Å². The number of benzene rings is 2. The molecule has 2 aromatic rings. The summed E-state index contributed by atoms with van der Waals surface area (Å²) in [5.41, 5.74) is 7.36. The average molecular weight is 286 g/mol. The highest BCUT2D eigenvalue weighted by molar-refractivity contribution is 5.99. The number of amides is 1. The lowest BCUT2D eigenvalue weighted by molar-refractivity contribution is 0.100. The molecule has 0 aliphatic heterocycles. The van der Waals surface area contributed by atoms with Crippen LogP contribution in [0.3, 0.4) is 0 Å². The van der Waals surface area contributed by atoms with E-state index in [9.17, 15) is 4.79 Å². The Kier molecular flexibility index (Phi) is 4.66. The molecule has 5 heteroatoms. The molecule has 3 N–H and O–H groups in total. The van der Waals surface area contributed by atoms with E-state index in [-0.39, 0.29) is 0 Å². The quantitative estimate of drug-likeness (QED) is 0.855. The lowest BCUT2D eigenvalue weighted by atomic mass is 10.1. The maximum absolute atomic E-state index is 11.4. The first kappa shape index (κ1) is 14.7. The summed E-state index contributed by atoms with van der Waals surface area (Å²) in [6, 6.07) is 13.1. The number of hydrogen-bond donors (Lipinski definition) is 2. The van der Waals surface area contributed by atoms with E-state index < -0.39 is 5.91 Å². The Bertz CT molecular complexity index is 627. The van der Waals surface area contributed by atoms with E-state index in [2.05, 4.69) is 5.32 Å². The molecule has 0 saturated carbocycles. The van der Waals surface area contributed by atoms with Crippen molar-refractivity contribution in [3.63, 3.8) is 0 Å². The van der Waals surface area contributed by atoms with Crippen molar-refractivity contribution in [2.75, 3.05) is 19.5 Å². The van der Waals surface area contributed by atoms with Crippen LogP contribution >= 0.6 is 0 Å². The van der Waals surface area contributed by atoms with Crippen LogP contribution in [0.5, 0.6) is 11.5 Å². The highest BCUT2D eigenvalue weighted by atomic mass is 16.5. The van der Waals surface area contributed by atoms with Gasteiger partial charge in [-0.25, -0.2) is 0 Å². The lowest BCUT2D eigenvalue weighted by Crippen LogP contribution is -2.14. The molecule has 2 aromatic carbocycles. The molecule has 110 valence electrons. The fourth-order valence-corrected chi connectivity index (χ4v) is 1.98. The van der Waals surface area contributed by atoms with Gasteiger partial charge in [0, 0.05) is 13.1 Å². The number of nitrogens with one attached hydrogen (secondary N) is 1. The van der Waals surface area contributed by atoms with Crippen molar-refractivity contribution in [2.45, 2.75) is 6.61 Å². The third-order valence-electron chi connectivity index (χ3n) is 3.08. The molecule has 2 rings (SSSR count). The molecule has 0 aromatic heterocycles. The topological polar surface area (TPSA) is 73.6 Å². The summed E-state index contributed by atoms with van der Waals surface area (Å²) in [4.78, 5) is 11.4. The van der Waals surface area contributed by atoms with Crippen LogP contribution in [-0.4, -0.2) is 20.1 Å². The maximum Gasteiger partial charge on any atom is 0.250 e. The van der Waals surface area contributed by atoms with E-state index in [0.29, 0.717) is 29.4 Å². The number of primary amides is 1. The summed E-state index contributed by atoms with van der Waals surface area (Å²) in [6.07, 6.45) is 0. The number of rotatable bonds is 6. The molecule has 1 amide bonds. The van der Waals surface area contributed by atoms with Crippen LogP contribution in [0.25, 0.3) is 0 Å². The maximum atomic E-state index is 11.4. The van der Waals surface area contributed by atoms with Gasteiger partial charge < -0.3 is 20.5 Å². The Balaban J connectivity index is 2.28. The molecule has 0 atom stereocenters. The van der Waals surface area contributed by atoms with Crippen LogP contribution < -0.4 is 20.5 Å². The van der Waals surface area contributed by atoms with E-state index >= 15 is 0 Å². The Labute approximate surface area is 123 Å². The van der Waals surface area contributed by atoms with Crippen LogP contribution in [0.2, 0.25) is 0 Å². The zero-order valence-corrected chi connectivity index (χ0v) is 12.1. The Morgan fingerprint density at radius 3 is 2.48 bits per heavy atom. The summed E-state index contributed by atoms with van der Waals surface area (Å²) in [6.45, 7) is 0.413. The summed E-state index contributed by atoms with van der Waals surface area (Å²) in [7, 11) is 3.24. The Hall–Kier alpha value is -2.69. The van der Waals surface area contributed by atoms with Gasteiger partial charge in [-0.05, 0) is 11.6 Å². The average Bonchev–Trinajstić information content (AvgIpc) is 2.52. The van der Waals surface area contributed by atoms with Crippen LogP contribution in [0.1, 0.15) is 15.9 Å². The van der Waals surface area contributed by atoms with Crippen LogP contribution in [-0.2, 0) is 6.61 Å². The van der Waals surface area contributed by atoms with Gasteiger partial charge >= 0.3 is 0 Å². The van der Waals surface area contributed by atoms with Gasteiger partial charge in [0.15, 0.2) is 11.5 Å². The van der Waals surface area contributed by atoms with E-state index in [0.717, 1.165) is 5.56 Å². The van der Waals surface area contributed by atoms with Crippen molar-refractivity contribution in [2.24, 2.45) is 5.73 Å². The molecule has 0 aliphatic rings. The molecule has 5 nitrogen and oxygen atoms in total. The molecule has 0 saturated heterocycles. The standard InChI is InChI=1S/C16H18N2O3/c1-18-13-9-15(14(20-2)8-12(13)16(17)19)21-10-11-6-4-3-5-7-11/h3-9,18H,10H2,1-2H3,(H2,17,19). The molecule has 0 spiro atoms. The minimum absolute atomic E-state index is 0.362. The number of methoxy groups -OCH3 is 1. The minimum Gasteiger partial charge on any atom is -0.493 e. The van der Waals surface area contributed by atoms with Gasteiger partial charge in [0.25, 0.3) is 5.91 Å². The zero-order chi connectivity index (χ0) is 15.2. The second kappa shape index (κ2) is 6.65. The summed E-state index contributed by atoms with van der Waals surface area (Å²) < 4.78 is 11.0. The first-order chi connectivity index (χ1) is 10.2. The fourth-order valence-electron chi connectivity index (χ4n) is 1.98. The zero-order valence-electron chi connectivity index (χ0n) is 12.1. The van der Waals surface area contributed by atoms with Crippen LogP contribution in [0, 0.1) is 0 Å². The van der Waals surface area contributed by atoms with E-state index in [1.807, 2.05) is 30.3 Å². The van der Waals surface area contributed by atoms with E-state index in [1.165, 1.54) is 7.11 Å². The largest absolute Gasteiger partial charge is 0.493 e. The second-order valence-corrected chi connectivity index (χ2v) is 4.44. The van der Waals surface area contributed by atoms with Crippen LogP contribution in [0.4, 0.5) is 5.69 Å². The number of hydrogen-bond acceptors (Lipinski definition) is 4. The molecule has 0 unspecified atom stereocenters. The summed E-state index contributed by atoms with van der Waals surface area (Å²) in [5, 5.41) is 2.93. The minimum atomic E-state index is -0.521. The summed E-state index contributed by atoms with van der Waals surface area (Å²) in [5.74, 6) is 0.502. The molecule has 0 bridgehead atoms. The van der Waals surface area contributed by atoms with Crippen LogP contribution in [0.15, 0.2) is 42.5 Å². The van der Waals surface area contributed by atoms with Gasteiger partial charge in [0.05, 0.1) is 18.4 Å². The second-order valence-electron chi connectivity index (χ2n) is 4.44. The van der Waals surface area contributed by atoms with Gasteiger partial charge in [-0.1, -0.05) is 30.3 Å². The third-order valence-corrected chi connectivity index (χ3v) is 3.08. The van der Waals surface area contributed by atoms with Gasteiger partial charge in [0.2, 0.25) is 0 Å². The van der Waals surface area contributed by atoms with E-state index in [4.69, 9.17) is 15.2 Å². The summed E-state index contributed by atoms with van der Waals surface area (Å²) >= 11 is 0. The Morgan fingerprint density at radius 2 is 1.90 bits per heavy atom. The van der Waals surface area contributed by atoms with Gasteiger partial charge in [0.1, 0.15) is 6.61 Å². The molecule has 21 heavy (non-hydrogen) atoms.